The summed E-state index contributed by atoms with van der Waals surface area (Å²) in [5, 5.41) is 3.41. The second kappa shape index (κ2) is 10.3. The summed E-state index contributed by atoms with van der Waals surface area (Å²) in [6.07, 6.45) is 0. The van der Waals surface area contributed by atoms with Crippen LogP contribution in [0.15, 0.2) is 42.5 Å². The predicted molar refractivity (Wildman–Crippen MR) is 116 cm³/mol. The highest BCUT2D eigenvalue weighted by molar-refractivity contribution is 6.31. The molecule has 0 aliphatic rings. The third kappa shape index (κ3) is 6.50. The van der Waals surface area contributed by atoms with Crippen LogP contribution in [0.4, 0.5) is 0 Å². The summed E-state index contributed by atoms with van der Waals surface area (Å²) in [5.74, 6) is 0.125. The number of nitrogens with one attached hydrogen (secondary N) is 1. The van der Waals surface area contributed by atoms with Gasteiger partial charge in [0.2, 0.25) is 5.91 Å². The molecule has 0 heterocycles. The molecule has 1 N–H and O–H groups in total. The zero-order valence-corrected chi connectivity index (χ0v) is 18.4. The van der Waals surface area contributed by atoms with Crippen molar-refractivity contribution in [1.82, 2.24) is 10.2 Å². The lowest BCUT2D eigenvalue weighted by Gasteiger charge is -2.29. The number of nitrogens with zero attached hydrogens (tertiary/aromatic N) is 1. The molecule has 0 saturated heterocycles. The third-order valence-corrected chi connectivity index (χ3v) is 5.11. The molecule has 0 aromatic heterocycles. The van der Waals surface area contributed by atoms with Gasteiger partial charge in [-0.05, 0) is 69.5 Å². The van der Waals surface area contributed by atoms with Crippen LogP contribution in [0, 0.1) is 13.8 Å². The molecule has 2 aromatic rings. The quantitative estimate of drug-likeness (QED) is 0.698. The van der Waals surface area contributed by atoms with E-state index in [0.717, 1.165) is 16.7 Å². The third-order valence-electron chi connectivity index (χ3n) is 4.74. The zero-order valence-electron chi connectivity index (χ0n) is 17.7. The van der Waals surface area contributed by atoms with Crippen molar-refractivity contribution in [2.75, 3.05) is 6.61 Å². The molecule has 0 spiro atoms. The summed E-state index contributed by atoms with van der Waals surface area (Å²) in [6, 6.07) is 12.3. The monoisotopic (exact) mass is 416 g/mol. The van der Waals surface area contributed by atoms with Crippen molar-refractivity contribution in [3.63, 3.8) is 0 Å². The largest absolute Gasteiger partial charge is 0.484 e. The summed E-state index contributed by atoms with van der Waals surface area (Å²) in [7, 11) is 0. The second-order valence-electron chi connectivity index (χ2n) is 7.49. The minimum atomic E-state index is -0.662. The van der Waals surface area contributed by atoms with Gasteiger partial charge in [0, 0.05) is 17.6 Å². The van der Waals surface area contributed by atoms with Gasteiger partial charge in [0.25, 0.3) is 5.91 Å². The van der Waals surface area contributed by atoms with E-state index >= 15 is 0 Å². The van der Waals surface area contributed by atoms with Crippen LogP contribution >= 0.6 is 11.6 Å². The highest BCUT2D eigenvalue weighted by Gasteiger charge is 2.27. The van der Waals surface area contributed by atoms with Crippen molar-refractivity contribution in [2.24, 2.45) is 0 Å². The van der Waals surface area contributed by atoms with E-state index in [1.54, 1.807) is 13.0 Å². The molecule has 6 heteroatoms. The van der Waals surface area contributed by atoms with E-state index in [0.29, 0.717) is 10.8 Å². The van der Waals surface area contributed by atoms with Gasteiger partial charge in [-0.2, -0.15) is 0 Å². The predicted octanol–water partition coefficient (Wildman–Crippen LogP) is 4.28. The molecule has 0 radical (unpaired) electrons. The summed E-state index contributed by atoms with van der Waals surface area (Å²) in [4.78, 5) is 27.0. The Morgan fingerprint density at radius 1 is 1.07 bits per heavy atom. The number of halogens is 1. The van der Waals surface area contributed by atoms with Crippen molar-refractivity contribution in [3.8, 4) is 5.75 Å². The second-order valence-corrected chi connectivity index (χ2v) is 7.89. The maximum absolute atomic E-state index is 13.0. The Morgan fingerprint density at radius 2 is 1.76 bits per heavy atom. The summed E-state index contributed by atoms with van der Waals surface area (Å²) >= 11 is 6.28. The molecule has 156 valence electrons. The fourth-order valence-corrected chi connectivity index (χ4v) is 3.03. The highest BCUT2D eigenvalue weighted by Crippen LogP contribution is 2.20. The molecule has 0 bridgehead atoms. The number of amides is 2. The maximum Gasteiger partial charge on any atom is 0.261 e. The number of carbonyl (C=O) groups excluding carboxylic acids is 2. The summed E-state index contributed by atoms with van der Waals surface area (Å²) in [5.41, 5.74) is 3.02. The topological polar surface area (TPSA) is 58.6 Å². The first-order valence-corrected chi connectivity index (χ1v) is 10.1. The van der Waals surface area contributed by atoms with Gasteiger partial charge in [-0.25, -0.2) is 0 Å². The number of rotatable bonds is 8. The fraction of sp³-hybridized carbons (Fsp3) is 0.391. The Hall–Kier alpha value is -2.53. The van der Waals surface area contributed by atoms with E-state index in [9.17, 15) is 9.59 Å². The number of ether oxygens (including phenoxy) is 1. The van der Waals surface area contributed by atoms with Crippen LogP contribution in [0.3, 0.4) is 0 Å². The van der Waals surface area contributed by atoms with Gasteiger partial charge >= 0.3 is 0 Å². The van der Waals surface area contributed by atoms with Crippen LogP contribution in [0.25, 0.3) is 0 Å². The molecule has 1 atom stereocenters. The van der Waals surface area contributed by atoms with Crippen molar-refractivity contribution in [1.29, 1.82) is 0 Å². The van der Waals surface area contributed by atoms with E-state index in [2.05, 4.69) is 5.32 Å². The van der Waals surface area contributed by atoms with Crippen LogP contribution in [-0.4, -0.2) is 35.4 Å². The van der Waals surface area contributed by atoms with Crippen LogP contribution < -0.4 is 10.1 Å². The summed E-state index contributed by atoms with van der Waals surface area (Å²) in [6.45, 7) is 9.55. The molecule has 5 nitrogen and oxygen atoms in total. The van der Waals surface area contributed by atoms with E-state index < -0.39 is 6.04 Å². The Balaban J connectivity index is 2.18. The first kappa shape index (κ1) is 22.8. The molecule has 2 amide bonds. The standard InChI is InChI=1S/C23H29ClN2O3/c1-15(2)25-23(28)18(5)26(13-19-8-6-7-9-21(19)24)22(27)14-29-20-11-10-16(3)17(4)12-20/h6-12,15,18H,13-14H2,1-5H3,(H,25,28)/t18-/m0/s1. The molecule has 0 fully saturated rings. The lowest BCUT2D eigenvalue weighted by Crippen LogP contribution is -2.50. The summed E-state index contributed by atoms with van der Waals surface area (Å²) < 4.78 is 5.71. The van der Waals surface area contributed by atoms with Gasteiger partial charge in [-0.3, -0.25) is 9.59 Å². The minimum absolute atomic E-state index is 0.0194. The first-order valence-electron chi connectivity index (χ1n) is 9.72. The highest BCUT2D eigenvalue weighted by atomic mass is 35.5. The average Bonchev–Trinajstić information content (AvgIpc) is 2.67. The van der Waals surface area contributed by atoms with Gasteiger partial charge in [-0.1, -0.05) is 35.9 Å². The zero-order chi connectivity index (χ0) is 21.6. The number of hydrogen-bond donors (Lipinski definition) is 1. The smallest absolute Gasteiger partial charge is 0.261 e. The van der Waals surface area contributed by atoms with Gasteiger partial charge in [0.1, 0.15) is 11.8 Å². The Labute approximate surface area is 178 Å². The molecule has 2 aromatic carbocycles. The van der Waals surface area contributed by atoms with Gasteiger partial charge in [-0.15, -0.1) is 0 Å². The van der Waals surface area contributed by atoms with Crippen LogP contribution in [0.1, 0.15) is 37.5 Å². The Morgan fingerprint density at radius 3 is 2.38 bits per heavy atom. The maximum atomic E-state index is 13.0. The van der Waals surface area contributed by atoms with Crippen LogP contribution in [-0.2, 0) is 16.1 Å². The molecule has 2 rings (SSSR count). The number of benzene rings is 2. The Kier molecular flexibility index (Phi) is 8.09. The molecule has 0 aliphatic heterocycles. The van der Waals surface area contributed by atoms with E-state index in [-0.39, 0.29) is 31.0 Å². The number of aryl methyl sites for hydroxylation is 2. The minimum Gasteiger partial charge on any atom is -0.484 e. The molecular weight excluding hydrogens is 388 g/mol. The fourth-order valence-electron chi connectivity index (χ4n) is 2.83. The van der Waals surface area contributed by atoms with Gasteiger partial charge in [0.15, 0.2) is 6.61 Å². The first-order chi connectivity index (χ1) is 13.7. The molecule has 0 aliphatic carbocycles. The van der Waals surface area contributed by atoms with Crippen molar-refractivity contribution < 1.29 is 14.3 Å². The van der Waals surface area contributed by atoms with Crippen LogP contribution in [0.2, 0.25) is 5.02 Å². The molecule has 0 unspecified atom stereocenters. The lowest BCUT2D eigenvalue weighted by atomic mass is 10.1. The Bertz CT molecular complexity index is 867. The van der Waals surface area contributed by atoms with E-state index in [1.807, 2.05) is 64.1 Å². The molecule has 0 saturated carbocycles. The number of hydrogen-bond acceptors (Lipinski definition) is 3. The van der Waals surface area contributed by atoms with Gasteiger partial charge in [0.05, 0.1) is 0 Å². The van der Waals surface area contributed by atoms with E-state index in [1.165, 1.54) is 4.90 Å². The van der Waals surface area contributed by atoms with Crippen LogP contribution in [0.5, 0.6) is 5.75 Å². The SMILES string of the molecule is Cc1ccc(OCC(=O)N(Cc2ccccc2Cl)[C@@H](C)C(=O)NC(C)C)cc1C. The van der Waals surface area contributed by atoms with Crippen molar-refractivity contribution in [3.05, 3.63) is 64.2 Å². The molecular formula is C23H29ClN2O3. The molecule has 29 heavy (non-hydrogen) atoms. The van der Waals surface area contributed by atoms with Crippen molar-refractivity contribution in [2.45, 2.75) is 53.2 Å². The van der Waals surface area contributed by atoms with Gasteiger partial charge < -0.3 is 15.0 Å². The lowest BCUT2D eigenvalue weighted by molar-refractivity contribution is -0.142. The van der Waals surface area contributed by atoms with E-state index in [4.69, 9.17) is 16.3 Å². The van der Waals surface area contributed by atoms with Crippen molar-refractivity contribution >= 4 is 23.4 Å². The average molecular weight is 417 g/mol. The number of carbonyl (C=O) groups is 2. The normalized spacial score (nSPS) is 11.8.